The molecule has 2 heterocycles. The van der Waals surface area contributed by atoms with Crippen LogP contribution in [0.2, 0.25) is 0 Å². The SMILES string of the molecule is Cc1ccoc1C(=O)Nc1ccc(CC(=O)O)nc1. The molecule has 6 heteroatoms. The van der Waals surface area contributed by atoms with Crippen molar-refractivity contribution in [3.63, 3.8) is 0 Å². The van der Waals surface area contributed by atoms with Crippen molar-refractivity contribution in [3.05, 3.63) is 47.7 Å². The number of pyridine rings is 1. The van der Waals surface area contributed by atoms with Crippen LogP contribution in [0.1, 0.15) is 21.8 Å². The molecule has 19 heavy (non-hydrogen) atoms. The van der Waals surface area contributed by atoms with Gasteiger partial charge in [0.25, 0.3) is 5.91 Å². The highest BCUT2D eigenvalue weighted by atomic mass is 16.4. The fourth-order valence-corrected chi connectivity index (χ4v) is 1.55. The Kier molecular flexibility index (Phi) is 3.61. The van der Waals surface area contributed by atoms with E-state index in [2.05, 4.69) is 10.3 Å². The molecule has 0 radical (unpaired) electrons. The summed E-state index contributed by atoms with van der Waals surface area (Å²) in [5.74, 6) is -1.07. The lowest BCUT2D eigenvalue weighted by Crippen LogP contribution is -2.12. The first-order valence-corrected chi connectivity index (χ1v) is 5.58. The van der Waals surface area contributed by atoms with E-state index >= 15 is 0 Å². The van der Waals surface area contributed by atoms with Crippen LogP contribution in [-0.2, 0) is 11.2 Å². The van der Waals surface area contributed by atoms with Gasteiger partial charge >= 0.3 is 5.97 Å². The molecule has 0 fully saturated rings. The molecular weight excluding hydrogens is 248 g/mol. The lowest BCUT2D eigenvalue weighted by atomic mass is 10.2. The predicted octanol–water partition coefficient (Wildman–Crippen LogP) is 1.86. The average Bonchev–Trinajstić information content (AvgIpc) is 2.77. The molecule has 1 amide bonds. The van der Waals surface area contributed by atoms with E-state index in [0.717, 1.165) is 5.56 Å². The molecule has 6 nitrogen and oxygen atoms in total. The monoisotopic (exact) mass is 260 g/mol. The molecule has 0 bridgehead atoms. The molecule has 98 valence electrons. The lowest BCUT2D eigenvalue weighted by Gasteiger charge is -2.04. The Labute approximate surface area is 109 Å². The van der Waals surface area contributed by atoms with Crippen LogP contribution < -0.4 is 5.32 Å². The average molecular weight is 260 g/mol. The van der Waals surface area contributed by atoms with Crippen LogP contribution in [0.15, 0.2) is 35.1 Å². The third-order valence-corrected chi connectivity index (χ3v) is 2.48. The number of rotatable bonds is 4. The number of nitrogens with zero attached hydrogens (tertiary/aromatic N) is 1. The minimum Gasteiger partial charge on any atom is -0.481 e. The second kappa shape index (κ2) is 5.34. The first-order chi connectivity index (χ1) is 9.06. The number of hydrogen-bond acceptors (Lipinski definition) is 4. The zero-order valence-corrected chi connectivity index (χ0v) is 10.2. The molecule has 0 saturated heterocycles. The molecule has 2 rings (SSSR count). The van der Waals surface area contributed by atoms with Crippen molar-refractivity contribution in [2.45, 2.75) is 13.3 Å². The van der Waals surface area contributed by atoms with Gasteiger partial charge in [0.05, 0.1) is 30.3 Å². The second-order valence-electron chi connectivity index (χ2n) is 4.00. The van der Waals surface area contributed by atoms with Crippen molar-refractivity contribution in [2.24, 2.45) is 0 Å². The van der Waals surface area contributed by atoms with E-state index < -0.39 is 5.97 Å². The number of aliphatic carboxylic acids is 1. The summed E-state index contributed by atoms with van der Waals surface area (Å²) in [6, 6.07) is 4.85. The maximum absolute atomic E-state index is 11.8. The van der Waals surface area contributed by atoms with E-state index in [-0.39, 0.29) is 18.1 Å². The van der Waals surface area contributed by atoms with Gasteiger partial charge in [-0.25, -0.2) is 0 Å². The Hall–Kier alpha value is -2.63. The van der Waals surface area contributed by atoms with Crippen molar-refractivity contribution in [1.29, 1.82) is 0 Å². The van der Waals surface area contributed by atoms with Crippen LogP contribution in [0, 0.1) is 6.92 Å². The van der Waals surface area contributed by atoms with Gasteiger partial charge in [-0.2, -0.15) is 0 Å². The van der Waals surface area contributed by atoms with Gasteiger partial charge in [-0.3, -0.25) is 14.6 Å². The van der Waals surface area contributed by atoms with E-state index in [1.807, 2.05) is 0 Å². The first kappa shape index (κ1) is 12.8. The number of amides is 1. The van der Waals surface area contributed by atoms with Crippen LogP contribution >= 0.6 is 0 Å². The molecule has 2 N–H and O–H groups in total. The fraction of sp³-hybridized carbons (Fsp3) is 0.154. The number of carbonyl (C=O) groups excluding carboxylic acids is 1. The minimum absolute atomic E-state index is 0.147. The zero-order valence-electron chi connectivity index (χ0n) is 10.2. The number of nitrogens with one attached hydrogen (secondary N) is 1. The summed E-state index contributed by atoms with van der Waals surface area (Å²) in [5, 5.41) is 11.2. The molecule has 0 aromatic carbocycles. The van der Waals surface area contributed by atoms with Crippen molar-refractivity contribution >= 4 is 17.6 Å². The van der Waals surface area contributed by atoms with Gasteiger partial charge in [0.15, 0.2) is 5.76 Å². The van der Waals surface area contributed by atoms with E-state index in [0.29, 0.717) is 11.4 Å². The number of furan rings is 1. The summed E-state index contributed by atoms with van der Waals surface area (Å²) in [6.07, 6.45) is 2.71. The normalized spacial score (nSPS) is 10.2. The highest BCUT2D eigenvalue weighted by Crippen LogP contribution is 2.13. The summed E-state index contributed by atoms with van der Waals surface area (Å²) >= 11 is 0. The van der Waals surface area contributed by atoms with Crippen LogP contribution in [0.4, 0.5) is 5.69 Å². The summed E-state index contributed by atoms with van der Waals surface area (Å²) in [5.41, 5.74) is 1.66. The third-order valence-electron chi connectivity index (χ3n) is 2.48. The van der Waals surface area contributed by atoms with Gasteiger partial charge in [0, 0.05) is 5.56 Å². The Morgan fingerprint density at radius 1 is 1.37 bits per heavy atom. The van der Waals surface area contributed by atoms with Crippen molar-refractivity contribution < 1.29 is 19.1 Å². The van der Waals surface area contributed by atoms with Gasteiger partial charge in [-0.15, -0.1) is 0 Å². The molecular formula is C13H12N2O4. The van der Waals surface area contributed by atoms with Gasteiger partial charge in [-0.05, 0) is 25.1 Å². The molecule has 0 aliphatic carbocycles. The topological polar surface area (TPSA) is 92.4 Å². The van der Waals surface area contributed by atoms with Crippen molar-refractivity contribution in [1.82, 2.24) is 4.98 Å². The number of aryl methyl sites for hydroxylation is 1. The summed E-state index contributed by atoms with van der Waals surface area (Å²) in [7, 11) is 0. The Morgan fingerprint density at radius 3 is 2.68 bits per heavy atom. The number of carboxylic acid groups (broad SMARTS) is 1. The van der Waals surface area contributed by atoms with Gasteiger partial charge in [0.2, 0.25) is 0 Å². The van der Waals surface area contributed by atoms with Crippen LogP contribution in [0.3, 0.4) is 0 Å². The molecule has 2 aromatic rings. The Bertz CT molecular complexity index is 601. The molecule has 0 spiro atoms. The second-order valence-corrected chi connectivity index (χ2v) is 4.00. The Balaban J connectivity index is 2.06. The Morgan fingerprint density at radius 2 is 2.16 bits per heavy atom. The van der Waals surface area contributed by atoms with Crippen LogP contribution in [0.25, 0.3) is 0 Å². The third kappa shape index (κ3) is 3.19. The van der Waals surface area contributed by atoms with Crippen LogP contribution in [-0.4, -0.2) is 22.0 Å². The minimum atomic E-state index is -0.949. The van der Waals surface area contributed by atoms with Gasteiger partial charge < -0.3 is 14.8 Å². The zero-order chi connectivity index (χ0) is 13.8. The molecule has 0 aliphatic rings. The molecule has 0 saturated carbocycles. The van der Waals surface area contributed by atoms with E-state index in [1.54, 1.807) is 25.1 Å². The summed E-state index contributed by atoms with van der Waals surface area (Å²) < 4.78 is 5.06. The lowest BCUT2D eigenvalue weighted by molar-refractivity contribution is -0.136. The van der Waals surface area contributed by atoms with Crippen molar-refractivity contribution in [2.75, 3.05) is 5.32 Å². The smallest absolute Gasteiger partial charge is 0.309 e. The number of aromatic nitrogens is 1. The molecule has 0 unspecified atom stereocenters. The molecule has 0 aliphatic heterocycles. The van der Waals surface area contributed by atoms with Crippen molar-refractivity contribution in [3.8, 4) is 0 Å². The van der Waals surface area contributed by atoms with Gasteiger partial charge in [-0.1, -0.05) is 0 Å². The number of anilines is 1. The largest absolute Gasteiger partial charge is 0.481 e. The highest BCUT2D eigenvalue weighted by molar-refractivity contribution is 6.03. The first-order valence-electron chi connectivity index (χ1n) is 5.58. The van der Waals surface area contributed by atoms with E-state index in [4.69, 9.17) is 9.52 Å². The number of carbonyl (C=O) groups is 2. The van der Waals surface area contributed by atoms with Crippen LogP contribution in [0.5, 0.6) is 0 Å². The van der Waals surface area contributed by atoms with E-state index in [1.165, 1.54) is 12.5 Å². The fourth-order valence-electron chi connectivity index (χ4n) is 1.55. The molecule has 0 atom stereocenters. The number of carboxylic acids is 1. The summed E-state index contributed by atoms with van der Waals surface area (Å²) in [4.78, 5) is 26.3. The maximum Gasteiger partial charge on any atom is 0.309 e. The number of hydrogen-bond donors (Lipinski definition) is 2. The highest BCUT2D eigenvalue weighted by Gasteiger charge is 2.12. The summed E-state index contributed by atoms with van der Waals surface area (Å²) in [6.45, 7) is 1.77. The van der Waals surface area contributed by atoms with Gasteiger partial charge in [0.1, 0.15) is 0 Å². The quantitative estimate of drug-likeness (QED) is 0.875. The predicted molar refractivity (Wildman–Crippen MR) is 67.0 cm³/mol. The molecule has 2 aromatic heterocycles. The standard InChI is InChI=1S/C13H12N2O4/c1-8-4-5-19-12(8)13(18)15-10-3-2-9(14-7-10)6-11(16)17/h2-5,7H,6H2,1H3,(H,15,18)(H,16,17). The maximum atomic E-state index is 11.8. The van der Waals surface area contributed by atoms with E-state index in [9.17, 15) is 9.59 Å².